The van der Waals surface area contributed by atoms with E-state index in [1.807, 2.05) is 65.6 Å². The summed E-state index contributed by atoms with van der Waals surface area (Å²) in [6.45, 7) is 7.77. The molecule has 2 saturated heterocycles. The molecule has 0 saturated carbocycles. The van der Waals surface area contributed by atoms with Gasteiger partial charge in [-0.25, -0.2) is 4.79 Å². The van der Waals surface area contributed by atoms with Crippen molar-refractivity contribution < 1.29 is 28.9 Å². The minimum atomic E-state index is -1.16. The molecule has 0 radical (unpaired) electrons. The molecule has 6 rings (SSSR count). The molecule has 2 fully saturated rings. The van der Waals surface area contributed by atoms with Crippen LogP contribution in [0.3, 0.4) is 0 Å². The molecule has 8 heteroatoms. The summed E-state index contributed by atoms with van der Waals surface area (Å²) >= 11 is 0. The van der Waals surface area contributed by atoms with Crippen molar-refractivity contribution in [3.63, 3.8) is 0 Å². The molecule has 42 heavy (non-hydrogen) atoms. The number of aliphatic hydroxyl groups is 1. The number of rotatable bonds is 8. The number of carbonyl (C=O) groups excluding carboxylic acids is 2. The monoisotopic (exact) mass is 570 g/mol. The number of hydrogen-bond acceptors (Lipinski definition) is 6. The Morgan fingerprint density at radius 1 is 1.02 bits per heavy atom. The average molecular weight is 571 g/mol. The molecule has 220 valence electrons. The van der Waals surface area contributed by atoms with Crippen LogP contribution in [-0.4, -0.2) is 50.1 Å². The van der Waals surface area contributed by atoms with Crippen LogP contribution < -0.4 is 14.5 Å². The van der Waals surface area contributed by atoms with Crippen LogP contribution in [0.15, 0.2) is 72.8 Å². The van der Waals surface area contributed by atoms with Gasteiger partial charge in [0.1, 0.15) is 12.4 Å². The largest absolute Gasteiger partial charge is 0.497 e. The summed E-state index contributed by atoms with van der Waals surface area (Å²) in [7, 11) is 1.65. The van der Waals surface area contributed by atoms with Crippen molar-refractivity contribution in [1.29, 1.82) is 0 Å². The summed E-state index contributed by atoms with van der Waals surface area (Å²) in [5, 5.41) is 10.1. The number of anilines is 2. The summed E-state index contributed by atoms with van der Waals surface area (Å²) in [6, 6.07) is 23.7. The molecule has 1 spiro atoms. The van der Waals surface area contributed by atoms with Crippen molar-refractivity contribution >= 4 is 23.4 Å². The summed E-state index contributed by atoms with van der Waals surface area (Å²) < 4.78 is 17.4. The number of cyclic esters (lactones) is 1. The van der Waals surface area contributed by atoms with E-state index in [2.05, 4.69) is 32.9 Å². The molecule has 4 unspecified atom stereocenters. The summed E-state index contributed by atoms with van der Waals surface area (Å²) in [4.78, 5) is 30.0. The molecule has 2 amide bonds. The Morgan fingerprint density at radius 3 is 2.38 bits per heavy atom. The van der Waals surface area contributed by atoms with E-state index >= 15 is 0 Å². The molecule has 3 aromatic carbocycles. The molecule has 0 aromatic heterocycles. The highest BCUT2D eigenvalue weighted by Gasteiger charge is 2.65. The van der Waals surface area contributed by atoms with Crippen molar-refractivity contribution in [2.75, 3.05) is 36.7 Å². The van der Waals surface area contributed by atoms with E-state index in [-0.39, 0.29) is 42.0 Å². The van der Waals surface area contributed by atoms with E-state index in [4.69, 9.17) is 14.2 Å². The lowest BCUT2D eigenvalue weighted by atomic mass is 9.63. The van der Waals surface area contributed by atoms with Gasteiger partial charge in [0.25, 0.3) is 5.91 Å². The van der Waals surface area contributed by atoms with Gasteiger partial charge in [0.2, 0.25) is 0 Å². The van der Waals surface area contributed by atoms with Crippen LogP contribution >= 0.6 is 0 Å². The zero-order chi connectivity index (χ0) is 29.6. The number of hydrogen-bond donors (Lipinski definition) is 1. The Hall–Kier alpha value is -3.88. The minimum Gasteiger partial charge on any atom is -0.497 e. The standard InChI is InChI=1S/C34H38N2O6/c1-22-30(33(2,3)24-11-15-26(40-4)16-12-24)29(17-19-37)42-34(22)27-7-5-6-8-28(27)36(31(34)38)21-23-9-13-25(14-10-23)35-18-20-41-32(35)39/h5-16,22,29-30,37H,17-21H2,1-4H3. The van der Waals surface area contributed by atoms with Gasteiger partial charge in [-0.2, -0.15) is 0 Å². The van der Waals surface area contributed by atoms with Crippen molar-refractivity contribution in [3.05, 3.63) is 89.5 Å². The number of para-hydroxylation sites is 1. The third kappa shape index (κ3) is 4.36. The van der Waals surface area contributed by atoms with Gasteiger partial charge < -0.3 is 24.2 Å². The lowest BCUT2D eigenvalue weighted by Gasteiger charge is -2.38. The lowest BCUT2D eigenvalue weighted by molar-refractivity contribution is -0.146. The third-order valence-corrected chi connectivity index (χ3v) is 9.51. The normalized spacial score (nSPS) is 25.3. The van der Waals surface area contributed by atoms with Gasteiger partial charge in [0.15, 0.2) is 5.60 Å². The van der Waals surface area contributed by atoms with E-state index in [1.165, 1.54) is 0 Å². The summed E-state index contributed by atoms with van der Waals surface area (Å²) in [5.74, 6) is 0.486. The summed E-state index contributed by atoms with van der Waals surface area (Å²) in [6.07, 6.45) is -0.226. The number of carbonyl (C=O) groups is 2. The van der Waals surface area contributed by atoms with Gasteiger partial charge in [-0.15, -0.1) is 0 Å². The Bertz CT molecular complexity index is 1470. The Balaban J connectivity index is 1.34. The number of aliphatic hydroxyl groups excluding tert-OH is 1. The molecule has 0 aliphatic carbocycles. The van der Waals surface area contributed by atoms with Gasteiger partial charge in [-0.05, 0) is 53.3 Å². The van der Waals surface area contributed by atoms with E-state index < -0.39 is 5.60 Å². The number of benzene rings is 3. The van der Waals surface area contributed by atoms with Gasteiger partial charge in [-0.3, -0.25) is 9.69 Å². The quantitative estimate of drug-likeness (QED) is 0.390. The van der Waals surface area contributed by atoms with Gasteiger partial charge in [0.05, 0.1) is 32.0 Å². The van der Waals surface area contributed by atoms with Gasteiger partial charge >= 0.3 is 6.09 Å². The van der Waals surface area contributed by atoms with E-state index in [9.17, 15) is 14.7 Å². The van der Waals surface area contributed by atoms with Crippen LogP contribution in [0.4, 0.5) is 16.2 Å². The smallest absolute Gasteiger partial charge is 0.414 e. The molecule has 3 heterocycles. The first-order valence-electron chi connectivity index (χ1n) is 14.6. The molecule has 4 atom stereocenters. The van der Waals surface area contributed by atoms with Gasteiger partial charge in [0, 0.05) is 29.7 Å². The Morgan fingerprint density at radius 2 is 1.74 bits per heavy atom. The number of ether oxygens (including phenoxy) is 3. The zero-order valence-corrected chi connectivity index (χ0v) is 24.6. The molecular formula is C34H38N2O6. The highest BCUT2D eigenvalue weighted by atomic mass is 16.6. The fraction of sp³-hybridized carbons (Fsp3) is 0.412. The van der Waals surface area contributed by atoms with Crippen molar-refractivity contribution in [3.8, 4) is 5.75 Å². The maximum absolute atomic E-state index is 14.6. The zero-order valence-electron chi connectivity index (χ0n) is 24.6. The fourth-order valence-corrected chi connectivity index (χ4v) is 7.41. The van der Waals surface area contributed by atoms with Crippen molar-refractivity contribution in [2.24, 2.45) is 11.8 Å². The first-order chi connectivity index (χ1) is 20.2. The van der Waals surface area contributed by atoms with Crippen LogP contribution in [-0.2, 0) is 31.8 Å². The predicted octanol–water partition coefficient (Wildman–Crippen LogP) is 5.41. The molecule has 0 bridgehead atoms. The SMILES string of the molecule is COc1ccc(C(C)(C)C2C(CCO)OC3(C(=O)N(Cc4ccc(N5CCOC5=O)cc4)c4ccccc43)C2C)cc1. The summed E-state index contributed by atoms with van der Waals surface area (Å²) in [5.41, 5.74) is 3.03. The van der Waals surface area contributed by atoms with Crippen LogP contribution in [0, 0.1) is 11.8 Å². The number of nitrogens with zero attached hydrogens (tertiary/aromatic N) is 2. The van der Waals surface area contributed by atoms with E-state index in [1.54, 1.807) is 12.0 Å². The third-order valence-electron chi connectivity index (χ3n) is 9.51. The second-order valence-corrected chi connectivity index (χ2v) is 12.0. The Labute approximate surface area is 246 Å². The topological polar surface area (TPSA) is 88.5 Å². The molecule has 1 N–H and O–H groups in total. The lowest BCUT2D eigenvalue weighted by Crippen LogP contribution is -2.45. The molecule has 8 nitrogen and oxygen atoms in total. The second-order valence-electron chi connectivity index (χ2n) is 12.0. The van der Waals surface area contributed by atoms with E-state index in [0.717, 1.165) is 33.8 Å². The first kappa shape index (κ1) is 28.2. The van der Waals surface area contributed by atoms with Gasteiger partial charge in [-0.1, -0.05) is 63.2 Å². The highest BCUT2D eigenvalue weighted by molar-refractivity contribution is 6.07. The number of methoxy groups -OCH3 is 1. The molecular weight excluding hydrogens is 532 g/mol. The average Bonchev–Trinajstić information content (AvgIpc) is 3.63. The van der Waals surface area contributed by atoms with E-state index in [0.29, 0.717) is 26.1 Å². The second kappa shape index (κ2) is 10.7. The number of amides is 2. The van der Waals surface area contributed by atoms with Crippen molar-refractivity contribution in [2.45, 2.75) is 50.9 Å². The number of fused-ring (bicyclic) bond motifs is 2. The predicted molar refractivity (Wildman–Crippen MR) is 160 cm³/mol. The molecule has 3 aromatic rings. The van der Waals surface area contributed by atoms with Crippen LogP contribution in [0.25, 0.3) is 0 Å². The van der Waals surface area contributed by atoms with Crippen LogP contribution in [0.1, 0.15) is 43.9 Å². The van der Waals surface area contributed by atoms with Crippen LogP contribution in [0.5, 0.6) is 5.75 Å². The van der Waals surface area contributed by atoms with Crippen molar-refractivity contribution in [1.82, 2.24) is 0 Å². The first-order valence-corrected chi connectivity index (χ1v) is 14.6. The fourth-order valence-electron chi connectivity index (χ4n) is 7.41. The maximum Gasteiger partial charge on any atom is 0.414 e. The molecule has 3 aliphatic rings. The minimum absolute atomic E-state index is 0.0287. The molecule has 3 aliphatic heterocycles. The maximum atomic E-state index is 14.6. The Kier molecular flexibility index (Phi) is 7.23. The highest BCUT2D eigenvalue weighted by Crippen LogP contribution is 2.59. The van der Waals surface area contributed by atoms with Crippen LogP contribution in [0.2, 0.25) is 0 Å².